The number of nitrogen functional groups attached to an aromatic ring is 1. The zero-order valence-electron chi connectivity index (χ0n) is 11.0. The monoisotopic (exact) mass is 294 g/mol. The van der Waals surface area contributed by atoms with Crippen LogP contribution in [-0.2, 0) is 0 Å². The minimum atomic E-state index is 0.646. The van der Waals surface area contributed by atoms with Crippen LogP contribution in [0.5, 0.6) is 0 Å². The van der Waals surface area contributed by atoms with Gasteiger partial charge in [-0.05, 0) is 24.3 Å². The predicted molar refractivity (Wildman–Crippen MR) is 85.4 cm³/mol. The maximum Gasteiger partial charge on any atom is 0.235 e. The maximum absolute atomic E-state index is 6.01. The zero-order chi connectivity index (χ0) is 14.4. The first-order valence-electron chi connectivity index (χ1n) is 6.51. The third-order valence-electron chi connectivity index (χ3n) is 3.46. The molecule has 0 aliphatic carbocycles. The van der Waals surface area contributed by atoms with E-state index in [4.69, 9.17) is 17.3 Å². The van der Waals surface area contributed by atoms with Crippen molar-refractivity contribution >= 4 is 34.1 Å². The Hall–Kier alpha value is -2.59. The number of hydrogen-bond acceptors (Lipinski definition) is 3. The molecular weight excluding hydrogens is 284 g/mol. The van der Waals surface area contributed by atoms with Crippen LogP contribution in [0, 0.1) is 0 Å². The van der Waals surface area contributed by atoms with Crippen LogP contribution in [0.1, 0.15) is 0 Å². The van der Waals surface area contributed by atoms with Crippen molar-refractivity contribution < 1.29 is 0 Å². The van der Waals surface area contributed by atoms with E-state index in [1.165, 1.54) is 0 Å². The number of anilines is 1. The molecule has 0 radical (unpaired) electrons. The van der Waals surface area contributed by atoms with Crippen LogP contribution in [0.25, 0.3) is 28.1 Å². The summed E-state index contributed by atoms with van der Waals surface area (Å²) < 4.78 is 1.95. The van der Waals surface area contributed by atoms with E-state index in [2.05, 4.69) is 9.97 Å². The van der Waals surface area contributed by atoms with Crippen molar-refractivity contribution in [1.29, 1.82) is 0 Å². The van der Waals surface area contributed by atoms with Crippen molar-refractivity contribution in [2.24, 2.45) is 0 Å². The Labute approximate surface area is 125 Å². The van der Waals surface area contributed by atoms with Crippen molar-refractivity contribution in [3.8, 4) is 11.3 Å². The molecule has 0 aliphatic rings. The predicted octanol–water partition coefficient (Wildman–Crippen LogP) is 3.79. The molecule has 4 rings (SSSR count). The number of hydrogen-bond donors (Lipinski definition) is 1. The van der Waals surface area contributed by atoms with Gasteiger partial charge in [-0.2, -0.15) is 0 Å². The average molecular weight is 295 g/mol. The van der Waals surface area contributed by atoms with E-state index in [1.807, 2.05) is 59.1 Å². The number of aromatic nitrogens is 3. The Morgan fingerprint density at radius 2 is 1.71 bits per heavy atom. The highest BCUT2D eigenvalue weighted by Crippen LogP contribution is 2.25. The Bertz CT molecular complexity index is 957. The minimum absolute atomic E-state index is 0.646. The first kappa shape index (κ1) is 12.2. The summed E-state index contributed by atoms with van der Waals surface area (Å²) in [4.78, 5) is 9.08. The van der Waals surface area contributed by atoms with E-state index in [0.717, 1.165) is 22.3 Å². The molecule has 0 aliphatic heterocycles. The molecule has 4 nitrogen and oxygen atoms in total. The topological polar surface area (TPSA) is 56.2 Å². The molecule has 0 saturated carbocycles. The largest absolute Gasteiger partial charge is 0.397 e. The number of halogens is 1. The summed E-state index contributed by atoms with van der Waals surface area (Å²) in [6.07, 6.45) is 1.97. The van der Waals surface area contributed by atoms with Gasteiger partial charge in [-0.15, -0.1) is 0 Å². The fraction of sp³-hybridized carbons (Fsp3) is 0. The highest BCUT2D eigenvalue weighted by Gasteiger charge is 2.11. The molecule has 21 heavy (non-hydrogen) atoms. The summed E-state index contributed by atoms with van der Waals surface area (Å²) in [6, 6.07) is 15.3. The van der Waals surface area contributed by atoms with Crippen LogP contribution in [-0.4, -0.2) is 14.4 Å². The van der Waals surface area contributed by atoms with Gasteiger partial charge in [0.15, 0.2) is 0 Å². The summed E-state index contributed by atoms with van der Waals surface area (Å²) in [7, 11) is 0. The van der Waals surface area contributed by atoms with Gasteiger partial charge in [-0.3, -0.25) is 4.40 Å². The Kier molecular flexibility index (Phi) is 2.59. The molecule has 0 fully saturated rings. The number of benzene rings is 1. The van der Waals surface area contributed by atoms with Crippen molar-refractivity contribution in [2.75, 3.05) is 5.73 Å². The minimum Gasteiger partial charge on any atom is -0.397 e. The summed E-state index contributed by atoms with van der Waals surface area (Å²) >= 11 is 5.92. The summed E-state index contributed by atoms with van der Waals surface area (Å²) in [6.45, 7) is 0. The standard InChI is InChI=1S/C16H11ClN4/c17-11-7-5-10(6-8-11)13-9-21-14-4-2-1-3-12(18)15(14)20-16(21)19-13/h1-9H,18H2. The Balaban J connectivity index is 1.97. The van der Waals surface area contributed by atoms with E-state index in [1.54, 1.807) is 0 Å². The van der Waals surface area contributed by atoms with Crippen molar-refractivity contribution in [1.82, 2.24) is 14.4 Å². The summed E-state index contributed by atoms with van der Waals surface area (Å²) in [5.41, 5.74) is 10.2. The average Bonchev–Trinajstić information content (AvgIpc) is 2.97. The van der Waals surface area contributed by atoms with Crippen LogP contribution >= 0.6 is 11.6 Å². The van der Waals surface area contributed by atoms with Gasteiger partial charge in [0.25, 0.3) is 0 Å². The molecule has 2 heterocycles. The lowest BCUT2D eigenvalue weighted by atomic mass is 10.2. The van der Waals surface area contributed by atoms with E-state index < -0.39 is 0 Å². The molecule has 4 aromatic rings. The highest BCUT2D eigenvalue weighted by atomic mass is 35.5. The normalized spacial score (nSPS) is 11.3. The SMILES string of the molecule is Nc1ccccc2c1nc1nc(-c3ccc(Cl)cc3)cn12. The molecule has 0 spiro atoms. The second-order valence-electron chi connectivity index (χ2n) is 4.82. The molecule has 0 unspecified atom stereocenters. The highest BCUT2D eigenvalue weighted by molar-refractivity contribution is 6.30. The van der Waals surface area contributed by atoms with Gasteiger partial charge >= 0.3 is 0 Å². The van der Waals surface area contributed by atoms with Crippen molar-refractivity contribution in [2.45, 2.75) is 0 Å². The van der Waals surface area contributed by atoms with Gasteiger partial charge in [0.05, 0.1) is 16.9 Å². The molecule has 2 aromatic carbocycles. The third-order valence-corrected chi connectivity index (χ3v) is 3.71. The van der Waals surface area contributed by atoms with Gasteiger partial charge in [-0.25, -0.2) is 9.97 Å². The molecular formula is C16H11ClN4. The Morgan fingerprint density at radius 1 is 0.952 bits per heavy atom. The molecule has 0 saturated heterocycles. The molecule has 2 aromatic heterocycles. The van der Waals surface area contributed by atoms with E-state index in [9.17, 15) is 0 Å². The second kappa shape index (κ2) is 4.46. The van der Waals surface area contributed by atoms with E-state index >= 15 is 0 Å². The fourth-order valence-electron chi connectivity index (χ4n) is 2.41. The lowest BCUT2D eigenvalue weighted by Crippen LogP contribution is -1.83. The number of rotatable bonds is 1. The van der Waals surface area contributed by atoms with E-state index in [-0.39, 0.29) is 0 Å². The first-order chi connectivity index (χ1) is 10.2. The molecule has 0 bridgehead atoms. The fourth-order valence-corrected chi connectivity index (χ4v) is 2.54. The van der Waals surface area contributed by atoms with Crippen LogP contribution < -0.4 is 5.73 Å². The van der Waals surface area contributed by atoms with Gasteiger partial charge in [-0.1, -0.05) is 35.9 Å². The quantitative estimate of drug-likeness (QED) is 0.581. The van der Waals surface area contributed by atoms with Gasteiger partial charge in [0.2, 0.25) is 5.78 Å². The van der Waals surface area contributed by atoms with Crippen LogP contribution in [0.3, 0.4) is 0 Å². The van der Waals surface area contributed by atoms with Crippen LogP contribution in [0.2, 0.25) is 5.02 Å². The molecule has 2 N–H and O–H groups in total. The molecule has 0 atom stereocenters. The van der Waals surface area contributed by atoms with Crippen LogP contribution in [0.15, 0.2) is 54.7 Å². The van der Waals surface area contributed by atoms with Crippen molar-refractivity contribution in [3.63, 3.8) is 0 Å². The number of imidazole rings is 2. The van der Waals surface area contributed by atoms with Gasteiger partial charge in [0, 0.05) is 16.8 Å². The smallest absolute Gasteiger partial charge is 0.235 e. The number of nitrogens with zero attached hydrogens (tertiary/aromatic N) is 3. The maximum atomic E-state index is 6.01. The molecule has 5 heteroatoms. The molecule has 102 valence electrons. The summed E-state index contributed by atoms with van der Waals surface area (Å²) in [5.74, 6) is 0.646. The van der Waals surface area contributed by atoms with Gasteiger partial charge < -0.3 is 5.73 Å². The third kappa shape index (κ3) is 1.92. The second-order valence-corrected chi connectivity index (χ2v) is 5.26. The first-order valence-corrected chi connectivity index (χ1v) is 6.89. The zero-order valence-corrected chi connectivity index (χ0v) is 11.7. The van der Waals surface area contributed by atoms with Gasteiger partial charge in [0.1, 0.15) is 5.52 Å². The van der Waals surface area contributed by atoms with Crippen molar-refractivity contribution in [3.05, 3.63) is 59.8 Å². The lowest BCUT2D eigenvalue weighted by molar-refractivity contribution is 1.24. The summed E-state index contributed by atoms with van der Waals surface area (Å²) in [5, 5.41) is 0.709. The number of fused-ring (bicyclic) bond motifs is 3. The lowest BCUT2D eigenvalue weighted by Gasteiger charge is -1.95. The number of nitrogens with two attached hydrogens (primary N) is 1. The Morgan fingerprint density at radius 3 is 2.52 bits per heavy atom. The van der Waals surface area contributed by atoms with E-state index in [0.29, 0.717) is 16.5 Å². The molecule has 0 amide bonds. The van der Waals surface area contributed by atoms with Crippen LogP contribution in [0.4, 0.5) is 5.69 Å².